The van der Waals surface area contributed by atoms with Crippen LogP contribution in [0, 0.1) is 6.92 Å². The summed E-state index contributed by atoms with van der Waals surface area (Å²) >= 11 is 3.44. The molecule has 106 valence electrons. The van der Waals surface area contributed by atoms with E-state index in [4.69, 9.17) is 5.73 Å². The van der Waals surface area contributed by atoms with Gasteiger partial charge in [-0.05, 0) is 41.8 Å². The van der Waals surface area contributed by atoms with Crippen molar-refractivity contribution in [2.75, 3.05) is 17.6 Å². The first kappa shape index (κ1) is 15.8. The van der Waals surface area contributed by atoms with E-state index in [0.29, 0.717) is 24.5 Å². The first-order valence-corrected chi connectivity index (χ1v) is 7.18. The van der Waals surface area contributed by atoms with E-state index in [1.807, 2.05) is 20.8 Å². The van der Waals surface area contributed by atoms with E-state index in [1.165, 1.54) is 0 Å². The molecule has 1 aromatic rings. The number of nitrogens with two attached hydrogens (primary N) is 1. The van der Waals surface area contributed by atoms with Crippen LogP contribution in [-0.2, 0) is 4.79 Å². The molecule has 0 aliphatic rings. The number of rotatable bonds is 6. The van der Waals surface area contributed by atoms with Crippen molar-refractivity contribution in [2.45, 2.75) is 39.7 Å². The number of carbonyl (C=O) groups excluding carboxylic acids is 1. The molecule has 1 rings (SSSR count). The second-order valence-corrected chi connectivity index (χ2v) is 5.35. The third-order valence-electron chi connectivity index (χ3n) is 2.97. The van der Waals surface area contributed by atoms with Gasteiger partial charge in [0, 0.05) is 19.0 Å². The number of hydrogen-bond donors (Lipinski definition) is 3. The van der Waals surface area contributed by atoms with Gasteiger partial charge < -0.3 is 16.4 Å². The van der Waals surface area contributed by atoms with Gasteiger partial charge in [-0.2, -0.15) is 0 Å². The molecule has 0 saturated carbocycles. The Hall–Kier alpha value is -1.30. The zero-order chi connectivity index (χ0) is 14.4. The quantitative estimate of drug-likeness (QED) is 0.749. The third kappa shape index (κ3) is 4.70. The van der Waals surface area contributed by atoms with Gasteiger partial charge in [0.1, 0.15) is 5.82 Å². The summed E-state index contributed by atoms with van der Waals surface area (Å²) < 4.78 is 0.842. The van der Waals surface area contributed by atoms with Crippen molar-refractivity contribution >= 4 is 33.3 Å². The first-order valence-electron chi connectivity index (χ1n) is 6.39. The molecule has 19 heavy (non-hydrogen) atoms. The highest BCUT2D eigenvalue weighted by Gasteiger charge is 2.08. The van der Waals surface area contributed by atoms with Crippen LogP contribution in [0.4, 0.5) is 11.5 Å². The van der Waals surface area contributed by atoms with Gasteiger partial charge in [-0.1, -0.05) is 6.92 Å². The summed E-state index contributed by atoms with van der Waals surface area (Å²) in [5, 5.41) is 6.05. The van der Waals surface area contributed by atoms with Gasteiger partial charge in [-0.3, -0.25) is 4.79 Å². The fraction of sp³-hybridized carbons (Fsp3) is 0.538. The number of nitrogens with one attached hydrogen (secondary N) is 2. The Labute approximate surface area is 122 Å². The second kappa shape index (κ2) is 7.33. The molecule has 0 spiro atoms. The molecule has 1 unspecified atom stereocenters. The lowest BCUT2D eigenvalue weighted by Crippen LogP contribution is -2.33. The standard InChI is InChI=1S/C13H21BrN4O/c1-4-8(2)18-11(19)5-6-16-13-12(14)9(3)10(15)7-17-13/h7-8H,4-6,15H2,1-3H3,(H,16,17)(H,18,19). The lowest BCUT2D eigenvalue weighted by molar-refractivity contribution is -0.121. The van der Waals surface area contributed by atoms with Crippen LogP contribution in [0.15, 0.2) is 10.7 Å². The minimum absolute atomic E-state index is 0.0464. The molecule has 1 atom stereocenters. The maximum Gasteiger partial charge on any atom is 0.221 e. The van der Waals surface area contributed by atoms with Gasteiger partial charge in [-0.15, -0.1) is 0 Å². The molecule has 0 aliphatic carbocycles. The Kier molecular flexibility index (Phi) is 6.08. The van der Waals surface area contributed by atoms with Gasteiger partial charge >= 0.3 is 0 Å². The average molecular weight is 329 g/mol. The topological polar surface area (TPSA) is 80.0 Å². The molecular weight excluding hydrogens is 308 g/mol. The van der Waals surface area contributed by atoms with Crippen molar-refractivity contribution < 1.29 is 4.79 Å². The first-order chi connectivity index (χ1) is 8.95. The van der Waals surface area contributed by atoms with E-state index in [0.717, 1.165) is 16.5 Å². The Morgan fingerprint density at radius 1 is 1.58 bits per heavy atom. The average Bonchev–Trinajstić information content (AvgIpc) is 2.38. The Balaban J connectivity index is 2.46. The summed E-state index contributed by atoms with van der Waals surface area (Å²) in [5.41, 5.74) is 7.34. The summed E-state index contributed by atoms with van der Waals surface area (Å²) in [5.74, 6) is 0.758. The minimum Gasteiger partial charge on any atom is -0.397 e. The highest BCUT2D eigenvalue weighted by Crippen LogP contribution is 2.27. The van der Waals surface area contributed by atoms with Crippen molar-refractivity contribution in [2.24, 2.45) is 0 Å². The molecule has 1 amide bonds. The summed E-state index contributed by atoms with van der Waals surface area (Å²) in [4.78, 5) is 15.8. The normalized spacial score (nSPS) is 12.0. The third-order valence-corrected chi connectivity index (χ3v) is 3.94. The van der Waals surface area contributed by atoms with E-state index in [9.17, 15) is 4.79 Å². The van der Waals surface area contributed by atoms with Crippen LogP contribution < -0.4 is 16.4 Å². The van der Waals surface area contributed by atoms with Gasteiger partial charge in [-0.25, -0.2) is 4.98 Å². The lowest BCUT2D eigenvalue weighted by atomic mass is 10.2. The highest BCUT2D eigenvalue weighted by atomic mass is 79.9. The molecule has 0 radical (unpaired) electrons. The number of anilines is 2. The molecule has 6 heteroatoms. The number of amides is 1. The van der Waals surface area contributed by atoms with Crippen molar-refractivity contribution in [3.8, 4) is 0 Å². The van der Waals surface area contributed by atoms with Crippen LogP contribution in [-0.4, -0.2) is 23.5 Å². The van der Waals surface area contributed by atoms with Gasteiger partial charge in [0.05, 0.1) is 16.4 Å². The Bertz CT molecular complexity index is 451. The van der Waals surface area contributed by atoms with Crippen molar-refractivity contribution in [1.82, 2.24) is 10.3 Å². The molecule has 0 aromatic carbocycles. The highest BCUT2D eigenvalue weighted by molar-refractivity contribution is 9.10. The molecule has 0 bridgehead atoms. The van der Waals surface area contributed by atoms with Gasteiger partial charge in [0.15, 0.2) is 0 Å². The Morgan fingerprint density at radius 2 is 2.26 bits per heavy atom. The van der Waals surface area contributed by atoms with E-state index >= 15 is 0 Å². The van der Waals surface area contributed by atoms with Crippen LogP contribution in [0.3, 0.4) is 0 Å². The van der Waals surface area contributed by atoms with Crippen molar-refractivity contribution in [3.63, 3.8) is 0 Å². The van der Waals surface area contributed by atoms with Crippen molar-refractivity contribution in [1.29, 1.82) is 0 Å². The molecule has 1 aromatic heterocycles. The number of aromatic nitrogens is 1. The molecule has 0 fully saturated rings. The summed E-state index contributed by atoms with van der Waals surface area (Å²) in [6.07, 6.45) is 2.97. The monoisotopic (exact) mass is 328 g/mol. The maximum absolute atomic E-state index is 11.6. The van der Waals surface area contributed by atoms with Crippen LogP contribution in [0.1, 0.15) is 32.3 Å². The predicted molar refractivity (Wildman–Crippen MR) is 82.1 cm³/mol. The zero-order valence-electron chi connectivity index (χ0n) is 11.6. The SMILES string of the molecule is CCC(C)NC(=O)CCNc1ncc(N)c(C)c1Br. The number of hydrogen-bond acceptors (Lipinski definition) is 4. The Morgan fingerprint density at radius 3 is 2.89 bits per heavy atom. The van der Waals surface area contributed by atoms with Gasteiger partial charge in [0.2, 0.25) is 5.91 Å². The fourth-order valence-electron chi connectivity index (χ4n) is 1.46. The van der Waals surface area contributed by atoms with E-state index in [-0.39, 0.29) is 11.9 Å². The number of halogens is 1. The summed E-state index contributed by atoms with van der Waals surface area (Å²) in [6, 6.07) is 0.219. The fourth-order valence-corrected chi connectivity index (χ4v) is 1.93. The summed E-state index contributed by atoms with van der Waals surface area (Å²) in [7, 11) is 0. The maximum atomic E-state index is 11.6. The molecule has 0 saturated heterocycles. The largest absolute Gasteiger partial charge is 0.397 e. The van der Waals surface area contributed by atoms with Crippen LogP contribution >= 0.6 is 15.9 Å². The molecule has 1 heterocycles. The van der Waals surface area contributed by atoms with E-state index in [2.05, 4.69) is 31.5 Å². The zero-order valence-corrected chi connectivity index (χ0v) is 13.2. The predicted octanol–water partition coefficient (Wildman–Crippen LogP) is 2.45. The number of carbonyl (C=O) groups is 1. The van der Waals surface area contributed by atoms with Crippen LogP contribution in [0.25, 0.3) is 0 Å². The molecule has 4 N–H and O–H groups in total. The van der Waals surface area contributed by atoms with Gasteiger partial charge in [0.25, 0.3) is 0 Å². The molecular formula is C13H21BrN4O. The van der Waals surface area contributed by atoms with Crippen LogP contribution in [0.2, 0.25) is 0 Å². The number of pyridine rings is 1. The molecule has 5 nitrogen and oxygen atoms in total. The second-order valence-electron chi connectivity index (χ2n) is 4.55. The van der Waals surface area contributed by atoms with Crippen LogP contribution in [0.5, 0.6) is 0 Å². The molecule has 0 aliphatic heterocycles. The number of nitrogens with zero attached hydrogens (tertiary/aromatic N) is 1. The number of nitrogen functional groups attached to an aromatic ring is 1. The van der Waals surface area contributed by atoms with Crippen molar-refractivity contribution in [3.05, 3.63) is 16.2 Å². The smallest absolute Gasteiger partial charge is 0.221 e. The lowest BCUT2D eigenvalue weighted by Gasteiger charge is -2.13. The van der Waals surface area contributed by atoms with E-state index in [1.54, 1.807) is 6.20 Å². The minimum atomic E-state index is 0.0464. The summed E-state index contributed by atoms with van der Waals surface area (Å²) in [6.45, 7) is 6.49. The van der Waals surface area contributed by atoms with E-state index < -0.39 is 0 Å².